The van der Waals surface area contributed by atoms with Crippen LogP contribution in [0.15, 0.2) is 30.5 Å². The number of hydrogen-bond donors (Lipinski definition) is 1. The van der Waals surface area contributed by atoms with Gasteiger partial charge in [0.25, 0.3) is 0 Å². The second kappa shape index (κ2) is 4.22. The van der Waals surface area contributed by atoms with Crippen molar-refractivity contribution < 1.29 is 4.74 Å². The Labute approximate surface area is 100.0 Å². The summed E-state index contributed by atoms with van der Waals surface area (Å²) in [5, 5.41) is 1.12. The largest absolute Gasteiger partial charge is 0.399 e. The summed E-state index contributed by atoms with van der Waals surface area (Å²) in [5.41, 5.74) is 8.82. The maximum atomic E-state index is 5.85. The van der Waals surface area contributed by atoms with Gasteiger partial charge in [0.15, 0.2) is 0 Å². The molecule has 1 fully saturated rings. The molecule has 0 bridgehead atoms. The molecule has 2 heterocycles. The molecule has 88 valence electrons. The van der Waals surface area contributed by atoms with Crippen LogP contribution in [0.5, 0.6) is 0 Å². The molecule has 4 nitrogen and oxygen atoms in total. The Kier molecular flexibility index (Phi) is 2.57. The summed E-state index contributed by atoms with van der Waals surface area (Å²) in [6, 6.07) is 7.90. The van der Waals surface area contributed by atoms with Gasteiger partial charge < -0.3 is 15.4 Å². The fourth-order valence-corrected chi connectivity index (χ4v) is 2.23. The minimum absolute atomic E-state index is 0.778. The molecule has 0 aliphatic carbocycles. The lowest BCUT2D eigenvalue weighted by Gasteiger charge is -2.29. The molecule has 2 aromatic rings. The monoisotopic (exact) mass is 229 g/mol. The fourth-order valence-electron chi connectivity index (χ4n) is 2.23. The second-order valence-electron chi connectivity index (χ2n) is 4.21. The Morgan fingerprint density at radius 1 is 1.18 bits per heavy atom. The minimum Gasteiger partial charge on any atom is -0.399 e. The van der Waals surface area contributed by atoms with Crippen LogP contribution < -0.4 is 10.6 Å². The van der Waals surface area contributed by atoms with Gasteiger partial charge in [0, 0.05) is 36.0 Å². The van der Waals surface area contributed by atoms with Gasteiger partial charge in [0.1, 0.15) is 0 Å². The Morgan fingerprint density at radius 2 is 2.00 bits per heavy atom. The number of pyridine rings is 1. The molecule has 1 aromatic heterocycles. The number of rotatable bonds is 1. The number of benzene rings is 1. The zero-order chi connectivity index (χ0) is 11.7. The van der Waals surface area contributed by atoms with Crippen LogP contribution in [0.4, 0.5) is 11.4 Å². The summed E-state index contributed by atoms with van der Waals surface area (Å²) in [6.45, 7) is 3.42. The first-order chi connectivity index (χ1) is 8.34. The van der Waals surface area contributed by atoms with Crippen LogP contribution >= 0.6 is 0 Å². The zero-order valence-electron chi connectivity index (χ0n) is 9.60. The highest BCUT2D eigenvalue weighted by molar-refractivity contribution is 5.93. The lowest BCUT2D eigenvalue weighted by molar-refractivity contribution is 0.123. The first kappa shape index (κ1) is 10.4. The van der Waals surface area contributed by atoms with Crippen molar-refractivity contribution in [2.24, 2.45) is 0 Å². The highest BCUT2D eigenvalue weighted by Crippen LogP contribution is 2.27. The third kappa shape index (κ3) is 1.91. The number of aromatic nitrogens is 1. The lowest BCUT2D eigenvalue weighted by atomic mass is 10.1. The van der Waals surface area contributed by atoms with Crippen molar-refractivity contribution in [1.29, 1.82) is 0 Å². The molecule has 1 aliphatic heterocycles. The molecule has 0 spiro atoms. The van der Waals surface area contributed by atoms with E-state index in [1.807, 2.05) is 30.5 Å². The predicted octanol–water partition coefficient (Wildman–Crippen LogP) is 1.65. The van der Waals surface area contributed by atoms with Gasteiger partial charge in [0.2, 0.25) is 0 Å². The highest BCUT2D eigenvalue weighted by atomic mass is 16.5. The molecule has 1 aromatic carbocycles. The summed E-state index contributed by atoms with van der Waals surface area (Å²) < 4.78 is 5.38. The molecule has 17 heavy (non-hydrogen) atoms. The Balaban J connectivity index is 2.11. The summed E-state index contributed by atoms with van der Waals surface area (Å²) in [7, 11) is 0. The van der Waals surface area contributed by atoms with Crippen LogP contribution in [0.1, 0.15) is 0 Å². The van der Waals surface area contributed by atoms with E-state index in [4.69, 9.17) is 10.5 Å². The average Bonchev–Trinajstić information content (AvgIpc) is 2.39. The van der Waals surface area contributed by atoms with Gasteiger partial charge >= 0.3 is 0 Å². The summed E-state index contributed by atoms with van der Waals surface area (Å²) >= 11 is 0. The Bertz CT molecular complexity index is 535. The molecular weight excluding hydrogens is 214 g/mol. The van der Waals surface area contributed by atoms with Crippen LogP contribution in [-0.4, -0.2) is 31.3 Å². The number of nitrogens with zero attached hydrogens (tertiary/aromatic N) is 2. The van der Waals surface area contributed by atoms with Gasteiger partial charge in [-0.15, -0.1) is 0 Å². The lowest BCUT2D eigenvalue weighted by Crippen LogP contribution is -2.36. The average molecular weight is 229 g/mol. The molecule has 0 amide bonds. The molecular formula is C13H15N3O. The van der Waals surface area contributed by atoms with Gasteiger partial charge in [-0.3, -0.25) is 4.98 Å². The van der Waals surface area contributed by atoms with E-state index in [0.29, 0.717) is 0 Å². The third-order valence-corrected chi connectivity index (χ3v) is 3.09. The molecule has 2 N–H and O–H groups in total. The maximum absolute atomic E-state index is 5.85. The van der Waals surface area contributed by atoms with E-state index in [1.165, 1.54) is 5.69 Å². The van der Waals surface area contributed by atoms with E-state index >= 15 is 0 Å². The van der Waals surface area contributed by atoms with Gasteiger partial charge in [-0.05, 0) is 24.3 Å². The van der Waals surface area contributed by atoms with Crippen molar-refractivity contribution in [2.45, 2.75) is 0 Å². The normalized spacial score (nSPS) is 16.4. The SMILES string of the molecule is Nc1ccc2nccc(N3CCOCC3)c2c1. The topological polar surface area (TPSA) is 51.4 Å². The number of nitrogens with two attached hydrogens (primary N) is 1. The first-order valence-electron chi connectivity index (χ1n) is 5.81. The maximum Gasteiger partial charge on any atom is 0.0724 e. The molecule has 4 heteroatoms. The van der Waals surface area contributed by atoms with E-state index in [-0.39, 0.29) is 0 Å². The van der Waals surface area contributed by atoms with Crippen LogP contribution in [0.25, 0.3) is 10.9 Å². The first-order valence-corrected chi connectivity index (χ1v) is 5.81. The van der Waals surface area contributed by atoms with Gasteiger partial charge in [-0.25, -0.2) is 0 Å². The summed E-state index contributed by atoms with van der Waals surface area (Å²) in [6.07, 6.45) is 1.85. The van der Waals surface area contributed by atoms with Crippen molar-refractivity contribution in [3.8, 4) is 0 Å². The van der Waals surface area contributed by atoms with Crippen molar-refractivity contribution in [2.75, 3.05) is 36.9 Å². The van der Waals surface area contributed by atoms with Crippen molar-refractivity contribution in [3.05, 3.63) is 30.5 Å². The van der Waals surface area contributed by atoms with Gasteiger partial charge in [-0.2, -0.15) is 0 Å². The molecule has 0 unspecified atom stereocenters. The zero-order valence-corrected chi connectivity index (χ0v) is 9.60. The van der Waals surface area contributed by atoms with E-state index in [2.05, 4.69) is 9.88 Å². The molecule has 0 atom stereocenters. The predicted molar refractivity (Wildman–Crippen MR) is 69.2 cm³/mol. The number of anilines is 2. The highest BCUT2D eigenvalue weighted by Gasteiger charge is 2.13. The van der Waals surface area contributed by atoms with E-state index in [1.54, 1.807) is 0 Å². The van der Waals surface area contributed by atoms with Crippen LogP contribution in [0, 0.1) is 0 Å². The Hall–Kier alpha value is -1.81. The quantitative estimate of drug-likeness (QED) is 0.755. The standard InChI is InChI=1S/C13H15N3O/c14-10-1-2-12-11(9-10)13(3-4-15-12)16-5-7-17-8-6-16/h1-4,9H,5-8,14H2. The number of ether oxygens (including phenoxy) is 1. The third-order valence-electron chi connectivity index (χ3n) is 3.09. The van der Waals surface area contributed by atoms with Crippen molar-refractivity contribution in [1.82, 2.24) is 4.98 Å². The summed E-state index contributed by atoms with van der Waals surface area (Å²) in [5.74, 6) is 0. The smallest absolute Gasteiger partial charge is 0.0724 e. The summed E-state index contributed by atoms with van der Waals surface area (Å²) in [4.78, 5) is 6.69. The van der Waals surface area contributed by atoms with Crippen LogP contribution in [0.3, 0.4) is 0 Å². The fraction of sp³-hybridized carbons (Fsp3) is 0.308. The molecule has 3 rings (SSSR count). The molecule has 1 saturated heterocycles. The number of morpholine rings is 1. The van der Waals surface area contributed by atoms with Crippen LogP contribution in [-0.2, 0) is 4.74 Å². The molecule has 0 saturated carbocycles. The van der Waals surface area contributed by atoms with Crippen molar-refractivity contribution in [3.63, 3.8) is 0 Å². The van der Waals surface area contributed by atoms with E-state index in [0.717, 1.165) is 42.9 Å². The Morgan fingerprint density at radius 3 is 2.82 bits per heavy atom. The molecule has 0 radical (unpaired) electrons. The second-order valence-corrected chi connectivity index (χ2v) is 4.21. The van der Waals surface area contributed by atoms with E-state index in [9.17, 15) is 0 Å². The number of fused-ring (bicyclic) bond motifs is 1. The number of nitrogen functional groups attached to an aromatic ring is 1. The van der Waals surface area contributed by atoms with E-state index < -0.39 is 0 Å². The van der Waals surface area contributed by atoms with Crippen LogP contribution in [0.2, 0.25) is 0 Å². The number of hydrogen-bond acceptors (Lipinski definition) is 4. The molecule has 1 aliphatic rings. The van der Waals surface area contributed by atoms with Gasteiger partial charge in [-0.1, -0.05) is 0 Å². The minimum atomic E-state index is 0.778. The van der Waals surface area contributed by atoms with Crippen molar-refractivity contribution >= 4 is 22.3 Å². The van der Waals surface area contributed by atoms with Gasteiger partial charge in [0.05, 0.1) is 18.7 Å².